The van der Waals surface area contributed by atoms with E-state index in [1.54, 1.807) is 12.1 Å². The first-order valence-corrected chi connectivity index (χ1v) is 14.1. The Balaban J connectivity index is 1.16. The molecule has 216 valence electrons. The second kappa shape index (κ2) is 12.3. The SMILES string of the molecule is N#Cc1cc(-c2ncnc3c2N=C(c2ccc(CN4CCOCC4)cc2)C3)ccc1OC1CCN(C(=O)C(F)F)CC1. The fourth-order valence-electron chi connectivity index (χ4n) is 5.57. The highest BCUT2D eigenvalue weighted by Gasteiger charge is 2.29. The number of alkyl halides is 2. The van der Waals surface area contributed by atoms with Crippen LogP contribution in [0.2, 0.25) is 0 Å². The molecule has 9 nitrogen and oxygen atoms in total. The van der Waals surface area contributed by atoms with E-state index in [1.807, 2.05) is 6.07 Å². The number of hydrogen-bond donors (Lipinski definition) is 0. The van der Waals surface area contributed by atoms with Crippen LogP contribution in [0.15, 0.2) is 53.8 Å². The van der Waals surface area contributed by atoms with Crippen LogP contribution in [0.3, 0.4) is 0 Å². The summed E-state index contributed by atoms with van der Waals surface area (Å²) in [7, 11) is 0. The van der Waals surface area contributed by atoms with Gasteiger partial charge in [-0.05, 0) is 29.3 Å². The zero-order valence-electron chi connectivity index (χ0n) is 23.0. The summed E-state index contributed by atoms with van der Waals surface area (Å²) in [6.07, 6.45) is -0.349. The zero-order valence-corrected chi connectivity index (χ0v) is 23.0. The molecule has 3 aliphatic rings. The van der Waals surface area contributed by atoms with Gasteiger partial charge in [0.05, 0.1) is 35.9 Å². The monoisotopic (exact) mass is 572 g/mol. The molecule has 0 radical (unpaired) electrons. The van der Waals surface area contributed by atoms with E-state index in [1.165, 1.54) is 11.9 Å². The number of likely N-dealkylation sites (tertiary alicyclic amines) is 1. The Bertz CT molecular complexity index is 1520. The van der Waals surface area contributed by atoms with Gasteiger partial charge in [-0.15, -0.1) is 0 Å². The summed E-state index contributed by atoms with van der Waals surface area (Å²) >= 11 is 0. The topological polar surface area (TPSA) is 104 Å². The molecular formula is C31H30F2N6O3. The van der Waals surface area contributed by atoms with E-state index in [0.717, 1.165) is 60.3 Å². The Morgan fingerprint density at radius 3 is 2.50 bits per heavy atom. The highest BCUT2D eigenvalue weighted by atomic mass is 19.3. The normalized spacial score (nSPS) is 17.6. The molecule has 3 aliphatic heterocycles. The van der Waals surface area contributed by atoms with Crippen molar-refractivity contribution in [1.29, 1.82) is 5.26 Å². The number of rotatable bonds is 7. The van der Waals surface area contributed by atoms with E-state index in [0.29, 0.717) is 42.0 Å². The predicted molar refractivity (Wildman–Crippen MR) is 151 cm³/mol. The predicted octanol–water partition coefficient (Wildman–Crippen LogP) is 4.16. The fraction of sp³-hybridized carbons (Fsp3) is 0.387. The van der Waals surface area contributed by atoms with Crippen molar-refractivity contribution in [2.45, 2.75) is 38.3 Å². The number of fused-ring (bicyclic) bond motifs is 1. The average molecular weight is 573 g/mol. The van der Waals surface area contributed by atoms with Crippen LogP contribution in [0.5, 0.6) is 5.75 Å². The number of benzene rings is 2. The lowest BCUT2D eigenvalue weighted by Crippen LogP contribution is -2.44. The molecule has 4 heterocycles. The third-order valence-electron chi connectivity index (χ3n) is 7.88. The molecule has 0 N–H and O–H groups in total. The minimum Gasteiger partial charge on any atom is -0.489 e. The van der Waals surface area contributed by atoms with Crippen LogP contribution in [-0.4, -0.2) is 83.3 Å². The Kier molecular flexibility index (Phi) is 8.17. The lowest BCUT2D eigenvalue weighted by Gasteiger charge is -2.32. The summed E-state index contributed by atoms with van der Waals surface area (Å²) in [5, 5.41) is 9.87. The summed E-state index contributed by atoms with van der Waals surface area (Å²) in [5.74, 6) is -0.744. The average Bonchev–Trinajstić information content (AvgIpc) is 3.47. The number of carbonyl (C=O) groups is 1. The zero-order chi connectivity index (χ0) is 29.1. The highest BCUT2D eigenvalue weighted by molar-refractivity contribution is 6.07. The molecule has 2 fully saturated rings. The van der Waals surface area contributed by atoms with Crippen molar-refractivity contribution < 1.29 is 23.0 Å². The van der Waals surface area contributed by atoms with Gasteiger partial charge in [0.2, 0.25) is 0 Å². The molecule has 1 aromatic heterocycles. The maximum atomic E-state index is 12.7. The highest BCUT2D eigenvalue weighted by Crippen LogP contribution is 2.37. The van der Waals surface area contributed by atoms with E-state index in [-0.39, 0.29) is 19.2 Å². The number of morpholine rings is 1. The molecule has 1 amide bonds. The van der Waals surface area contributed by atoms with Gasteiger partial charge in [0.15, 0.2) is 0 Å². The smallest absolute Gasteiger partial charge is 0.315 e. The molecule has 0 bridgehead atoms. The van der Waals surface area contributed by atoms with Gasteiger partial charge in [0.1, 0.15) is 29.9 Å². The minimum atomic E-state index is -3.00. The lowest BCUT2D eigenvalue weighted by molar-refractivity contribution is -0.144. The molecule has 11 heteroatoms. The number of carbonyl (C=O) groups excluding carboxylic acids is 1. The first kappa shape index (κ1) is 27.9. The molecule has 2 aromatic carbocycles. The Labute approximate surface area is 242 Å². The van der Waals surface area contributed by atoms with Crippen LogP contribution < -0.4 is 4.74 Å². The molecule has 0 aliphatic carbocycles. The summed E-state index contributed by atoms with van der Waals surface area (Å²) in [5.41, 5.74) is 6.42. The number of nitrogens with zero attached hydrogens (tertiary/aromatic N) is 6. The quantitative estimate of drug-likeness (QED) is 0.419. The number of ether oxygens (including phenoxy) is 2. The first-order valence-electron chi connectivity index (χ1n) is 14.1. The van der Waals surface area contributed by atoms with Crippen molar-refractivity contribution in [3.05, 3.63) is 71.2 Å². The second-order valence-electron chi connectivity index (χ2n) is 10.6. The van der Waals surface area contributed by atoms with E-state index in [2.05, 4.69) is 45.2 Å². The number of aliphatic imine (C=N–C) groups is 1. The molecular weight excluding hydrogens is 542 g/mol. The van der Waals surface area contributed by atoms with Gasteiger partial charge in [-0.2, -0.15) is 14.0 Å². The number of halogens is 2. The van der Waals surface area contributed by atoms with E-state index in [4.69, 9.17) is 14.5 Å². The van der Waals surface area contributed by atoms with Crippen LogP contribution >= 0.6 is 0 Å². The van der Waals surface area contributed by atoms with Gasteiger partial charge in [-0.1, -0.05) is 24.3 Å². The Morgan fingerprint density at radius 1 is 1.05 bits per heavy atom. The number of piperidine rings is 1. The van der Waals surface area contributed by atoms with E-state index >= 15 is 0 Å². The van der Waals surface area contributed by atoms with Crippen molar-refractivity contribution >= 4 is 17.3 Å². The Morgan fingerprint density at radius 2 is 1.79 bits per heavy atom. The molecule has 0 atom stereocenters. The van der Waals surface area contributed by atoms with Crippen molar-refractivity contribution in [2.75, 3.05) is 39.4 Å². The van der Waals surface area contributed by atoms with Gasteiger partial charge in [0, 0.05) is 57.5 Å². The van der Waals surface area contributed by atoms with Gasteiger partial charge in [0.25, 0.3) is 5.91 Å². The van der Waals surface area contributed by atoms with Gasteiger partial charge < -0.3 is 14.4 Å². The van der Waals surface area contributed by atoms with Crippen LogP contribution in [0.25, 0.3) is 11.3 Å². The molecule has 6 rings (SSSR count). The molecule has 2 saturated heterocycles. The van der Waals surface area contributed by atoms with Crippen LogP contribution in [0.1, 0.15) is 35.2 Å². The van der Waals surface area contributed by atoms with Gasteiger partial charge >= 0.3 is 6.43 Å². The second-order valence-corrected chi connectivity index (χ2v) is 10.6. The number of amides is 1. The molecule has 42 heavy (non-hydrogen) atoms. The summed E-state index contributed by atoms with van der Waals surface area (Å²) in [6, 6.07) is 16.0. The summed E-state index contributed by atoms with van der Waals surface area (Å²) < 4.78 is 37.0. The molecule has 0 spiro atoms. The van der Waals surface area contributed by atoms with Crippen LogP contribution in [-0.2, 0) is 22.5 Å². The summed E-state index contributed by atoms with van der Waals surface area (Å²) in [6.45, 7) is 4.71. The Hall–Kier alpha value is -4.27. The maximum Gasteiger partial charge on any atom is 0.315 e. The van der Waals surface area contributed by atoms with Crippen molar-refractivity contribution in [2.24, 2.45) is 4.99 Å². The van der Waals surface area contributed by atoms with Gasteiger partial charge in [-0.3, -0.25) is 9.69 Å². The minimum absolute atomic E-state index is 0.192. The molecule has 0 saturated carbocycles. The first-order chi connectivity index (χ1) is 20.5. The van der Waals surface area contributed by atoms with Crippen molar-refractivity contribution in [1.82, 2.24) is 19.8 Å². The van der Waals surface area contributed by atoms with Crippen molar-refractivity contribution in [3.8, 4) is 23.1 Å². The van der Waals surface area contributed by atoms with Crippen LogP contribution in [0.4, 0.5) is 14.5 Å². The maximum absolute atomic E-state index is 12.7. The molecule has 3 aromatic rings. The van der Waals surface area contributed by atoms with Crippen molar-refractivity contribution in [3.63, 3.8) is 0 Å². The number of hydrogen-bond acceptors (Lipinski definition) is 8. The largest absolute Gasteiger partial charge is 0.489 e. The molecule has 0 unspecified atom stereocenters. The number of nitriles is 1. The standard InChI is InChI=1S/C31H30F2N6O3/c32-30(33)31(40)39-9-7-24(8-10-39)42-27-6-5-22(15-23(27)17-34)28-29-26(35-19-36-28)16-25(37-29)21-3-1-20(2-4-21)18-38-11-13-41-14-12-38/h1-6,15,19,24,30H,7-14,16,18H2. The number of aromatic nitrogens is 2. The fourth-order valence-corrected chi connectivity index (χ4v) is 5.57. The van der Waals surface area contributed by atoms with Gasteiger partial charge in [-0.25, -0.2) is 15.0 Å². The lowest BCUT2D eigenvalue weighted by atomic mass is 10.0. The van der Waals surface area contributed by atoms with E-state index in [9.17, 15) is 18.8 Å². The van der Waals surface area contributed by atoms with Crippen LogP contribution in [0, 0.1) is 11.3 Å². The third-order valence-corrected chi connectivity index (χ3v) is 7.88. The third kappa shape index (κ3) is 6.00. The van der Waals surface area contributed by atoms with E-state index < -0.39 is 12.3 Å². The summed E-state index contributed by atoms with van der Waals surface area (Å²) in [4.78, 5) is 29.0.